The van der Waals surface area contributed by atoms with Crippen LogP contribution in [0.2, 0.25) is 0 Å². The summed E-state index contributed by atoms with van der Waals surface area (Å²) in [5, 5.41) is 4.72. The summed E-state index contributed by atoms with van der Waals surface area (Å²) in [4.78, 5) is 13.1. The molecular weight excluding hydrogens is 356 g/mol. The second kappa shape index (κ2) is 7.27. The number of aryl methyl sites for hydroxylation is 2. The van der Waals surface area contributed by atoms with Crippen LogP contribution in [0.15, 0.2) is 40.6 Å². The number of thiophene rings is 1. The van der Waals surface area contributed by atoms with Crippen LogP contribution in [-0.2, 0) is 10.0 Å². The third-order valence-corrected chi connectivity index (χ3v) is 7.46. The van der Waals surface area contributed by atoms with Gasteiger partial charge < -0.3 is 5.32 Å². The molecule has 1 aliphatic heterocycles. The van der Waals surface area contributed by atoms with Crippen LogP contribution in [0.25, 0.3) is 0 Å². The van der Waals surface area contributed by atoms with Crippen molar-refractivity contribution in [1.29, 1.82) is 0 Å². The van der Waals surface area contributed by atoms with Gasteiger partial charge in [0, 0.05) is 19.1 Å². The van der Waals surface area contributed by atoms with Crippen molar-refractivity contribution in [2.24, 2.45) is 0 Å². The van der Waals surface area contributed by atoms with Crippen LogP contribution in [0.1, 0.15) is 33.6 Å². The fraction of sp³-hybridized carbons (Fsp3) is 0.389. The van der Waals surface area contributed by atoms with E-state index in [1.165, 1.54) is 11.3 Å². The number of carbonyl (C=O) groups is 1. The summed E-state index contributed by atoms with van der Waals surface area (Å²) in [6.07, 6.45) is 1.57. The molecule has 134 valence electrons. The second-order valence-electron chi connectivity index (χ2n) is 6.37. The van der Waals surface area contributed by atoms with E-state index in [0.717, 1.165) is 24.0 Å². The van der Waals surface area contributed by atoms with Gasteiger partial charge >= 0.3 is 0 Å². The van der Waals surface area contributed by atoms with Gasteiger partial charge in [-0.05, 0) is 55.3 Å². The number of nitrogens with zero attached hydrogens (tertiary/aromatic N) is 1. The molecule has 1 atom stereocenters. The van der Waals surface area contributed by atoms with Crippen LogP contribution in [-0.4, -0.2) is 37.8 Å². The molecule has 1 aromatic heterocycles. The molecule has 0 bridgehead atoms. The van der Waals surface area contributed by atoms with E-state index in [4.69, 9.17) is 0 Å². The summed E-state index contributed by atoms with van der Waals surface area (Å²) in [6, 6.07) is 8.87. The van der Waals surface area contributed by atoms with Gasteiger partial charge in [0.05, 0.1) is 9.77 Å². The molecule has 0 unspecified atom stereocenters. The fourth-order valence-electron chi connectivity index (χ4n) is 3.15. The van der Waals surface area contributed by atoms with E-state index in [-0.39, 0.29) is 11.9 Å². The minimum absolute atomic E-state index is 0.147. The standard InChI is InChI=1S/C18H22N2O3S2/c1-13-7-8-14(2)17(11-13)25(22,23)20-9-3-5-15(20)12-19-18(21)16-6-4-10-24-16/h4,6-8,10-11,15H,3,5,9,12H2,1-2H3,(H,19,21)/t15-/m0/s1. The Hall–Kier alpha value is -1.70. The predicted molar refractivity (Wildman–Crippen MR) is 99.5 cm³/mol. The van der Waals surface area contributed by atoms with Gasteiger partial charge in [-0.25, -0.2) is 8.42 Å². The van der Waals surface area contributed by atoms with Crippen molar-refractivity contribution in [3.8, 4) is 0 Å². The van der Waals surface area contributed by atoms with E-state index in [1.807, 2.05) is 37.4 Å². The molecule has 0 spiro atoms. The van der Waals surface area contributed by atoms with E-state index in [0.29, 0.717) is 22.9 Å². The topological polar surface area (TPSA) is 66.5 Å². The highest BCUT2D eigenvalue weighted by molar-refractivity contribution is 7.89. The molecule has 1 amide bonds. The maximum atomic E-state index is 13.1. The molecule has 2 aromatic rings. The molecule has 0 aliphatic carbocycles. The van der Waals surface area contributed by atoms with Crippen LogP contribution in [0.4, 0.5) is 0 Å². The lowest BCUT2D eigenvalue weighted by molar-refractivity contribution is 0.0950. The molecule has 0 radical (unpaired) electrons. The highest BCUT2D eigenvalue weighted by Gasteiger charge is 2.36. The number of amides is 1. The minimum Gasteiger partial charge on any atom is -0.350 e. The molecule has 7 heteroatoms. The van der Waals surface area contributed by atoms with Crippen molar-refractivity contribution in [2.75, 3.05) is 13.1 Å². The first-order valence-electron chi connectivity index (χ1n) is 8.30. The average Bonchev–Trinajstić information content (AvgIpc) is 3.26. The smallest absolute Gasteiger partial charge is 0.261 e. The van der Waals surface area contributed by atoms with Crippen molar-refractivity contribution in [3.63, 3.8) is 0 Å². The predicted octanol–water partition coefficient (Wildman–Crippen LogP) is 2.95. The van der Waals surface area contributed by atoms with Crippen LogP contribution in [0.5, 0.6) is 0 Å². The van der Waals surface area contributed by atoms with Gasteiger partial charge in [-0.2, -0.15) is 4.31 Å². The highest BCUT2D eigenvalue weighted by Crippen LogP contribution is 2.28. The van der Waals surface area contributed by atoms with Gasteiger partial charge in [0.1, 0.15) is 0 Å². The number of sulfonamides is 1. The van der Waals surface area contributed by atoms with Crippen molar-refractivity contribution >= 4 is 27.3 Å². The Morgan fingerprint density at radius 3 is 2.84 bits per heavy atom. The van der Waals surface area contributed by atoms with Gasteiger partial charge in [-0.3, -0.25) is 4.79 Å². The number of carbonyl (C=O) groups excluding carboxylic acids is 1. The average molecular weight is 379 g/mol. The zero-order valence-electron chi connectivity index (χ0n) is 14.4. The van der Waals surface area contributed by atoms with Gasteiger partial charge in [0.15, 0.2) is 0 Å². The zero-order chi connectivity index (χ0) is 18.0. The fourth-order valence-corrected chi connectivity index (χ4v) is 5.79. The van der Waals surface area contributed by atoms with Crippen LogP contribution >= 0.6 is 11.3 Å². The summed E-state index contributed by atoms with van der Waals surface area (Å²) in [6.45, 7) is 4.53. The first-order valence-corrected chi connectivity index (χ1v) is 10.6. The number of hydrogen-bond acceptors (Lipinski definition) is 4. The van der Waals surface area contributed by atoms with Crippen LogP contribution in [0, 0.1) is 13.8 Å². The Labute approximate surface area is 152 Å². The van der Waals surface area contributed by atoms with Crippen molar-refractivity contribution in [2.45, 2.75) is 37.6 Å². The summed E-state index contributed by atoms with van der Waals surface area (Å²) in [5.74, 6) is -0.147. The first kappa shape index (κ1) is 18.1. The Kier molecular flexibility index (Phi) is 5.27. The maximum absolute atomic E-state index is 13.1. The summed E-state index contributed by atoms with van der Waals surface area (Å²) >= 11 is 1.38. The lowest BCUT2D eigenvalue weighted by Crippen LogP contribution is -2.43. The third-order valence-electron chi connectivity index (χ3n) is 4.50. The Balaban J connectivity index is 1.76. The Bertz CT molecular complexity index is 860. The number of rotatable bonds is 5. The van der Waals surface area contributed by atoms with E-state index in [2.05, 4.69) is 5.32 Å². The van der Waals surface area contributed by atoms with Crippen LogP contribution in [0.3, 0.4) is 0 Å². The number of nitrogens with one attached hydrogen (secondary N) is 1. The van der Waals surface area contributed by atoms with Gasteiger partial charge in [-0.15, -0.1) is 11.3 Å². The maximum Gasteiger partial charge on any atom is 0.261 e. The van der Waals surface area contributed by atoms with Crippen LogP contribution < -0.4 is 5.32 Å². The summed E-state index contributed by atoms with van der Waals surface area (Å²) in [5.41, 5.74) is 1.67. The minimum atomic E-state index is -3.56. The van der Waals surface area contributed by atoms with Gasteiger partial charge in [-0.1, -0.05) is 18.2 Å². The molecule has 1 aromatic carbocycles. The normalized spacial score (nSPS) is 18.4. The van der Waals surface area contributed by atoms with E-state index >= 15 is 0 Å². The zero-order valence-corrected chi connectivity index (χ0v) is 16.0. The Morgan fingerprint density at radius 1 is 1.32 bits per heavy atom. The summed E-state index contributed by atoms with van der Waals surface area (Å²) in [7, 11) is -3.56. The monoisotopic (exact) mass is 378 g/mol. The van der Waals surface area contributed by atoms with Crippen molar-refractivity contribution in [1.82, 2.24) is 9.62 Å². The largest absolute Gasteiger partial charge is 0.350 e. The SMILES string of the molecule is Cc1ccc(C)c(S(=O)(=O)N2CCC[C@H]2CNC(=O)c2cccs2)c1. The second-order valence-corrected chi connectivity index (χ2v) is 9.17. The molecule has 25 heavy (non-hydrogen) atoms. The molecule has 0 saturated carbocycles. The van der Waals surface area contributed by atoms with E-state index < -0.39 is 10.0 Å². The van der Waals surface area contributed by atoms with Gasteiger partial charge in [0.25, 0.3) is 5.91 Å². The molecular formula is C18H22N2O3S2. The molecule has 5 nitrogen and oxygen atoms in total. The molecule has 1 fully saturated rings. The van der Waals surface area contributed by atoms with Crippen molar-refractivity contribution < 1.29 is 13.2 Å². The van der Waals surface area contributed by atoms with E-state index in [1.54, 1.807) is 16.4 Å². The number of benzene rings is 1. The quantitative estimate of drug-likeness (QED) is 0.870. The molecule has 1 saturated heterocycles. The third kappa shape index (κ3) is 3.78. The van der Waals surface area contributed by atoms with E-state index in [9.17, 15) is 13.2 Å². The number of hydrogen-bond donors (Lipinski definition) is 1. The molecule has 3 rings (SSSR count). The van der Waals surface area contributed by atoms with Gasteiger partial charge in [0.2, 0.25) is 10.0 Å². The lowest BCUT2D eigenvalue weighted by Gasteiger charge is -2.25. The first-order chi connectivity index (χ1) is 11.9. The highest BCUT2D eigenvalue weighted by atomic mass is 32.2. The Morgan fingerprint density at radius 2 is 2.12 bits per heavy atom. The summed E-state index contributed by atoms with van der Waals surface area (Å²) < 4.78 is 27.8. The molecule has 2 heterocycles. The molecule has 1 aliphatic rings. The molecule has 1 N–H and O–H groups in total. The lowest BCUT2D eigenvalue weighted by atomic mass is 10.2. The van der Waals surface area contributed by atoms with Crippen molar-refractivity contribution in [3.05, 3.63) is 51.7 Å².